The lowest BCUT2D eigenvalue weighted by atomic mass is 9.97. The number of rotatable bonds is 11. The molecule has 1 aromatic carbocycles. The Morgan fingerprint density at radius 3 is 2.69 bits per heavy atom. The van der Waals surface area contributed by atoms with E-state index in [4.69, 9.17) is 14.6 Å². The second-order valence-corrected chi connectivity index (χ2v) is 7.12. The number of Topliss-reactive ketones (excluding diaryl/α,β-unsaturated/α-hetero) is 1. The van der Waals surface area contributed by atoms with E-state index in [1.165, 1.54) is 0 Å². The molecule has 7 nitrogen and oxygen atoms in total. The summed E-state index contributed by atoms with van der Waals surface area (Å²) in [6.45, 7) is 2.54. The summed E-state index contributed by atoms with van der Waals surface area (Å²) >= 11 is 0. The largest absolute Gasteiger partial charge is 0.481 e. The van der Waals surface area contributed by atoms with Crippen LogP contribution in [-0.4, -0.2) is 48.3 Å². The number of carbonyl (C=O) groups excluding carboxylic acids is 2. The summed E-state index contributed by atoms with van der Waals surface area (Å²) in [6, 6.07) is 9.15. The monoisotopic (exact) mass is 403 g/mol. The third-order valence-corrected chi connectivity index (χ3v) is 4.73. The van der Waals surface area contributed by atoms with Crippen molar-refractivity contribution in [1.82, 2.24) is 5.32 Å². The summed E-state index contributed by atoms with van der Waals surface area (Å²) in [4.78, 5) is 34.8. The van der Waals surface area contributed by atoms with Gasteiger partial charge in [0.2, 0.25) is 5.78 Å². The summed E-state index contributed by atoms with van der Waals surface area (Å²) in [5.41, 5.74) is 0.800. The lowest BCUT2D eigenvalue weighted by Crippen LogP contribution is -2.47. The van der Waals surface area contributed by atoms with Crippen molar-refractivity contribution in [3.05, 3.63) is 48.0 Å². The van der Waals surface area contributed by atoms with Crippen LogP contribution in [0.5, 0.6) is 0 Å². The van der Waals surface area contributed by atoms with Gasteiger partial charge in [0.15, 0.2) is 6.29 Å². The predicted molar refractivity (Wildman–Crippen MR) is 107 cm³/mol. The number of benzene rings is 1. The third kappa shape index (κ3) is 8.58. The molecule has 0 unspecified atom stereocenters. The number of ether oxygens (including phenoxy) is 2. The van der Waals surface area contributed by atoms with E-state index in [0.29, 0.717) is 25.9 Å². The topological polar surface area (TPSA) is 102 Å². The maximum Gasteiger partial charge on any atom is 0.303 e. The second kappa shape index (κ2) is 12.1. The number of carboxylic acid groups (broad SMARTS) is 1. The number of carbonyl (C=O) groups is 3. The molecular formula is C22H29NO6. The van der Waals surface area contributed by atoms with Gasteiger partial charge in [0, 0.05) is 25.3 Å². The van der Waals surface area contributed by atoms with Crippen molar-refractivity contribution in [3.63, 3.8) is 0 Å². The van der Waals surface area contributed by atoms with E-state index in [0.717, 1.165) is 5.56 Å². The molecule has 7 heteroatoms. The lowest BCUT2D eigenvalue weighted by Gasteiger charge is -2.35. The van der Waals surface area contributed by atoms with Crippen LogP contribution in [0, 0.1) is 5.92 Å². The number of unbranched alkanes of at least 4 members (excludes halogenated alkanes) is 1. The Labute approximate surface area is 171 Å². The van der Waals surface area contributed by atoms with Gasteiger partial charge in [-0.3, -0.25) is 14.4 Å². The maximum atomic E-state index is 12.2. The molecule has 1 amide bonds. The Morgan fingerprint density at radius 2 is 1.97 bits per heavy atom. The molecule has 0 spiro atoms. The van der Waals surface area contributed by atoms with Crippen LogP contribution in [0.4, 0.5) is 0 Å². The van der Waals surface area contributed by atoms with Gasteiger partial charge in [0.1, 0.15) is 0 Å². The van der Waals surface area contributed by atoms with Gasteiger partial charge in [0.25, 0.3) is 5.91 Å². The molecule has 2 N–H and O–H groups in total. The minimum absolute atomic E-state index is 0.0476. The fourth-order valence-corrected chi connectivity index (χ4v) is 3.11. The SMILES string of the molecule is C[C@@H]1OC[C@H](C/C=C\CCCC(=O)O)[C@H](CNC(=O)C(=O)Cc2ccccc2)O1. The zero-order valence-corrected chi connectivity index (χ0v) is 16.7. The number of amides is 1. The molecule has 29 heavy (non-hydrogen) atoms. The highest BCUT2D eigenvalue weighted by atomic mass is 16.7. The van der Waals surface area contributed by atoms with Crippen LogP contribution >= 0.6 is 0 Å². The van der Waals surface area contributed by atoms with E-state index in [1.54, 1.807) is 6.92 Å². The molecule has 1 aliphatic heterocycles. The molecule has 0 saturated carbocycles. The first-order valence-corrected chi connectivity index (χ1v) is 9.94. The highest BCUT2D eigenvalue weighted by Crippen LogP contribution is 2.22. The minimum Gasteiger partial charge on any atom is -0.481 e. The van der Waals surface area contributed by atoms with Crippen molar-refractivity contribution in [3.8, 4) is 0 Å². The smallest absolute Gasteiger partial charge is 0.303 e. The van der Waals surface area contributed by atoms with Crippen LogP contribution in [0.2, 0.25) is 0 Å². The van der Waals surface area contributed by atoms with Crippen LogP contribution in [0.1, 0.15) is 38.2 Å². The third-order valence-electron chi connectivity index (χ3n) is 4.73. The van der Waals surface area contributed by atoms with Crippen molar-refractivity contribution in [1.29, 1.82) is 0 Å². The van der Waals surface area contributed by atoms with Crippen molar-refractivity contribution in [2.45, 2.75) is 51.4 Å². The van der Waals surface area contributed by atoms with Crippen LogP contribution < -0.4 is 5.32 Å². The molecule has 1 fully saturated rings. The average Bonchev–Trinajstić information content (AvgIpc) is 2.70. The molecule has 1 aromatic rings. The molecule has 0 aromatic heterocycles. The average molecular weight is 403 g/mol. The normalized spacial score (nSPS) is 21.8. The van der Waals surface area contributed by atoms with Gasteiger partial charge in [-0.05, 0) is 31.7 Å². The van der Waals surface area contributed by atoms with Gasteiger partial charge < -0.3 is 19.9 Å². The van der Waals surface area contributed by atoms with Crippen LogP contribution in [0.3, 0.4) is 0 Å². The standard InChI is InChI=1S/C22H29NO6/c1-16-28-15-18(11-7-2-3-8-12-21(25)26)20(29-16)14-23-22(27)19(24)13-17-9-5-4-6-10-17/h2,4-7,9-10,16,18,20H,3,8,11-15H2,1H3,(H,23,27)(H,25,26)/b7-2-/t16-,18+,20+/m1/s1. The van der Waals surface area contributed by atoms with E-state index in [-0.39, 0.29) is 37.7 Å². The summed E-state index contributed by atoms with van der Waals surface area (Å²) in [5.74, 6) is -1.84. The van der Waals surface area contributed by atoms with E-state index >= 15 is 0 Å². The molecule has 158 valence electrons. The van der Waals surface area contributed by atoms with Gasteiger partial charge in [-0.25, -0.2) is 0 Å². The Hall–Kier alpha value is -2.51. The zero-order chi connectivity index (χ0) is 21.1. The van der Waals surface area contributed by atoms with Gasteiger partial charge in [-0.2, -0.15) is 0 Å². The summed E-state index contributed by atoms with van der Waals surface area (Å²) in [6.07, 6.45) is 5.55. The summed E-state index contributed by atoms with van der Waals surface area (Å²) in [5, 5.41) is 11.3. The van der Waals surface area contributed by atoms with E-state index in [1.807, 2.05) is 42.5 Å². The summed E-state index contributed by atoms with van der Waals surface area (Å²) < 4.78 is 11.3. The first-order chi connectivity index (χ1) is 14.0. The van der Waals surface area contributed by atoms with Gasteiger partial charge >= 0.3 is 5.97 Å². The summed E-state index contributed by atoms with van der Waals surface area (Å²) in [7, 11) is 0. The number of carboxylic acids is 1. The molecular weight excluding hydrogens is 374 g/mol. The Kier molecular flexibility index (Phi) is 9.53. The molecule has 0 aliphatic carbocycles. The molecule has 2 rings (SSSR count). The van der Waals surface area contributed by atoms with Crippen molar-refractivity contribution >= 4 is 17.7 Å². The van der Waals surface area contributed by atoms with E-state index in [2.05, 4.69) is 5.32 Å². The number of aliphatic carboxylic acids is 1. The predicted octanol–water partition coefficient (Wildman–Crippen LogP) is 2.49. The number of nitrogens with one attached hydrogen (secondary N) is 1. The minimum atomic E-state index is -0.793. The molecule has 1 saturated heterocycles. The number of ketones is 1. The van der Waals surface area contributed by atoms with Crippen molar-refractivity contribution in [2.75, 3.05) is 13.2 Å². The van der Waals surface area contributed by atoms with Crippen molar-refractivity contribution in [2.24, 2.45) is 5.92 Å². The first-order valence-electron chi connectivity index (χ1n) is 9.94. The first kappa shape index (κ1) is 22.8. The fourth-order valence-electron chi connectivity index (χ4n) is 3.11. The molecule has 0 bridgehead atoms. The van der Waals surface area contributed by atoms with Crippen LogP contribution in [0.15, 0.2) is 42.5 Å². The zero-order valence-electron chi connectivity index (χ0n) is 16.7. The maximum absolute atomic E-state index is 12.2. The van der Waals surface area contributed by atoms with Gasteiger partial charge in [0.05, 0.1) is 12.7 Å². The van der Waals surface area contributed by atoms with E-state index in [9.17, 15) is 14.4 Å². The Bertz CT molecular complexity index is 703. The number of hydrogen-bond acceptors (Lipinski definition) is 5. The highest BCUT2D eigenvalue weighted by molar-refractivity contribution is 6.36. The quantitative estimate of drug-likeness (QED) is 0.334. The van der Waals surface area contributed by atoms with Gasteiger partial charge in [-0.1, -0.05) is 42.5 Å². The Balaban J connectivity index is 1.78. The second-order valence-electron chi connectivity index (χ2n) is 7.12. The molecule has 3 atom stereocenters. The molecule has 1 aliphatic rings. The number of allylic oxidation sites excluding steroid dienone is 2. The van der Waals surface area contributed by atoms with Crippen LogP contribution in [0.25, 0.3) is 0 Å². The van der Waals surface area contributed by atoms with Gasteiger partial charge in [-0.15, -0.1) is 0 Å². The molecule has 0 radical (unpaired) electrons. The molecule has 1 heterocycles. The van der Waals surface area contributed by atoms with E-state index < -0.39 is 17.7 Å². The fraction of sp³-hybridized carbons (Fsp3) is 0.500. The van der Waals surface area contributed by atoms with Crippen LogP contribution in [-0.2, 0) is 30.3 Å². The Morgan fingerprint density at radius 1 is 1.21 bits per heavy atom. The highest BCUT2D eigenvalue weighted by Gasteiger charge is 2.30. The lowest BCUT2D eigenvalue weighted by molar-refractivity contribution is -0.225. The number of hydrogen-bond donors (Lipinski definition) is 2. The van der Waals surface area contributed by atoms with Crippen molar-refractivity contribution < 1.29 is 29.0 Å².